The Bertz CT molecular complexity index is 929. The highest BCUT2D eigenvalue weighted by atomic mass is 16.2. The zero-order valence-corrected chi connectivity index (χ0v) is 12.7. The van der Waals surface area contributed by atoms with E-state index in [1.54, 1.807) is 24.3 Å². The second-order valence-corrected chi connectivity index (χ2v) is 5.25. The molecule has 0 fully saturated rings. The molecule has 1 heterocycles. The van der Waals surface area contributed by atoms with E-state index >= 15 is 0 Å². The minimum absolute atomic E-state index is 0.269. The molecule has 0 saturated heterocycles. The highest BCUT2D eigenvalue weighted by molar-refractivity contribution is 5.77. The van der Waals surface area contributed by atoms with Crippen molar-refractivity contribution in [1.29, 1.82) is 0 Å². The van der Waals surface area contributed by atoms with Gasteiger partial charge in [-0.05, 0) is 36.1 Å². The highest BCUT2D eigenvalue weighted by Gasteiger charge is 2.15. The summed E-state index contributed by atoms with van der Waals surface area (Å²) < 4.78 is 1.28. The Morgan fingerprint density at radius 2 is 1.55 bits per heavy atom. The first kappa shape index (κ1) is 14.3. The molecule has 0 aliphatic rings. The van der Waals surface area contributed by atoms with Crippen molar-refractivity contribution in [2.45, 2.75) is 26.7 Å². The third-order valence-corrected chi connectivity index (χ3v) is 3.99. The van der Waals surface area contributed by atoms with Crippen molar-refractivity contribution in [3.05, 3.63) is 74.4 Å². The lowest BCUT2D eigenvalue weighted by atomic mass is 10.0. The SMILES string of the molecule is CCc1cccc(CC)c1-n1c(=O)[nH]c2ccccc2c1=O. The van der Waals surface area contributed by atoms with Crippen molar-refractivity contribution in [2.75, 3.05) is 0 Å². The van der Waals surface area contributed by atoms with Gasteiger partial charge in [-0.25, -0.2) is 9.36 Å². The predicted octanol–water partition coefficient (Wildman–Crippen LogP) is 2.80. The molecule has 0 aliphatic heterocycles. The molecule has 4 heteroatoms. The number of nitrogens with zero attached hydrogens (tertiary/aromatic N) is 1. The number of rotatable bonds is 3. The lowest BCUT2D eigenvalue weighted by molar-refractivity contribution is 0.864. The molecule has 3 rings (SSSR count). The van der Waals surface area contributed by atoms with Gasteiger partial charge in [-0.3, -0.25) is 4.79 Å². The first-order valence-corrected chi connectivity index (χ1v) is 7.52. The number of aryl methyl sites for hydroxylation is 2. The van der Waals surface area contributed by atoms with Crippen molar-refractivity contribution in [2.24, 2.45) is 0 Å². The molecule has 112 valence electrons. The van der Waals surface area contributed by atoms with Crippen LogP contribution in [0.25, 0.3) is 16.6 Å². The van der Waals surface area contributed by atoms with Crippen molar-refractivity contribution < 1.29 is 0 Å². The van der Waals surface area contributed by atoms with E-state index in [4.69, 9.17) is 0 Å². The molecule has 1 N–H and O–H groups in total. The summed E-state index contributed by atoms with van der Waals surface area (Å²) >= 11 is 0. The zero-order chi connectivity index (χ0) is 15.7. The maximum atomic E-state index is 12.8. The van der Waals surface area contributed by atoms with Gasteiger partial charge in [-0.15, -0.1) is 0 Å². The van der Waals surface area contributed by atoms with Crippen LogP contribution in [0.3, 0.4) is 0 Å². The van der Waals surface area contributed by atoms with Crippen LogP contribution < -0.4 is 11.2 Å². The summed E-state index contributed by atoms with van der Waals surface area (Å²) in [6.45, 7) is 4.05. The van der Waals surface area contributed by atoms with E-state index in [1.165, 1.54) is 4.57 Å². The van der Waals surface area contributed by atoms with E-state index in [0.717, 1.165) is 29.7 Å². The van der Waals surface area contributed by atoms with Gasteiger partial charge < -0.3 is 4.98 Å². The lowest BCUT2D eigenvalue weighted by Crippen LogP contribution is -2.35. The van der Waals surface area contributed by atoms with Crippen LogP contribution in [0.4, 0.5) is 0 Å². The molecule has 0 unspecified atom stereocenters. The molecular formula is C18H18N2O2. The molecule has 0 amide bonds. The molecule has 0 spiro atoms. The second kappa shape index (κ2) is 5.64. The average molecular weight is 294 g/mol. The topological polar surface area (TPSA) is 54.9 Å². The summed E-state index contributed by atoms with van der Waals surface area (Å²) in [7, 11) is 0. The molecule has 0 atom stereocenters. The Kier molecular flexibility index (Phi) is 3.67. The Balaban J connectivity index is 2.46. The first-order valence-electron chi connectivity index (χ1n) is 7.52. The standard InChI is InChI=1S/C18H18N2O2/c1-3-12-8-7-9-13(4-2)16(12)20-17(21)14-10-5-6-11-15(14)19-18(20)22/h5-11H,3-4H2,1-2H3,(H,19,22). The van der Waals surface area contributed by atoms with Crippen LogP contribution in [0.1, 0.15) is 25.0 Å². The molecular weight excluding hydrogens is 276 g/mol. The quantitative estimate of drug-likeness (QED) is 0.807. The summed E-state index contributed by atoms with van der Waals surface area (Å²) in [5.41, 5.74) is 2.64. The number of nitrogens with one attached hydrogen (secondary N) is 1. The number of hydrogen-bond donors (Lipinski definition) is 1. The van der Waals surface area contributed by atoms with E-state index in [9.17, 15) is 9.59 Å². The molecule has 22 heavy (non-hydrogen) atoms. The molecule has 0 radical (unpaired) electrons. The fraction of sp³-hybridized carbons (Fsp3) is 0.222. The second-order valence-electron chi connectivity index (χ2n) is 5.25. The highest BCUT2D eigenvalue weighted by Crippen LogP contribution is 2.19. The normalized spacial score (nSPS) is 11.0. The van der Waals surface area contributed by atoms with E-state index in [1.807, 2.05) is 32.0 Å². The number of hydrogen-bond acceptors (Lipinski definition) is 2. The van der Waals surface area contributed by atoms with Gasteiger partial charge in [-0.1, -0.05) is 44.2 Å². The van der Waals surface area contributed by atoms with E-state index in [2.05, 4.69) is 4.98 Å². The Hall–Kier alpha value is -2.62. The van der Waals surface area contributed by atoms with Crippen molar-refractivity contribution >= 4 is 10.9 Å². The summed E-state index contributed by atoms with van der Waals surface area (Å²) in [4.78, 5) is 28.1. The minimum atomic E-state index is -0.390. The van der Waals surface area contributed by atoms with Crippen molar-refractivity contribution in [3.8, 4) is 5.69 Å². The fourth-order valence-electron chi connectivity index (χ4n) is 2.87. The maximum absolute atomic E-state index is 12.8. The maximum Gasteiger partial charge on any atom is 0.333 e. The molecule has 2 aromatic carbocycles. The van der Waals surface area contributed by atoms with Gasteiger partial charge in [0.05, 0.1) is 16.6 Å². The lowest BCUT2D eigenvalue weighted by Gasteiger charge is -2.15. The van der Waals surface area contributed by atoms with Crippen LogP contribution >= 0.6 is 0 Å². The van der Waals surface area contributed by atoms with Gasteiger partial charge in [0, 0.05) is 0 Å². The number of benzene rings is 2. The molecule has 0 aliphatic carbocycles. The van der Waals surface area contributed by atoms with Gasteiger partial charge in [0.2, 0.25) is 0 Å². The summed E-state index contributed by atoms with van der Waals surface area (Å²) in [6.07, 6.45) is 1.53. The van der Waals surface area contributed by atoms with Gasteiger partial charge in [0.25, 0.3) is 5.56 Å². The molecule has 0 saturated carbocycles. The smallest absolute Gasteiger partial charge is 0.306 e. The molecule has 3 aromatic rings. The first-order chi connectivity index (χ1) is 10.7. The van der Waals surface area contributed by atoms with Crippen LogP contribution in [0.5, 0.6) is 0 Å². The number of para-hydroxylation sites is 2. The van der Waals surface area contributed by atoms with Gasteiger partial charge in [0.15, 0.2) is 0 Å². The average Bonchev–Trinajstić information content (AvgIpc) is 2.55. The fourth-order valence-corrected chi connectivity index (χ4v) is 2.87. The third kappa shape index (κ3) is 2.17. The Morgan fingerprint density at radius 1 is 0.909 bits per heavy atom. The van der Waals surface area contributed by atoms with E-state index < -0.39 is 0 Å². The van der Waals surface area contributed by atoms with E-state index in [0.29, 0.717) is 10.9 Å². The molecule has 1 aromatic heterocycles. The van der Waals surface area contributed by atoms with Crippen LogP contribution in [-0.4, -0.2) is 9.55 Å². The van der Waals surface area contributed by atoms with E-state index in [-0.39, 0.29) is 11.2 Å². The largest absolute Gasteiger partial charge is 0.333 e. The number of aromatic amines is 1. The summed E-state index contributed by atoms with van der Waals surface area (Å²) in [6, 6.07) is 13.0. The Morgan fingerprint density at radius 3 is 2.18 bits per heavy atom. The van der Waals surface area contributed by atoms with Gasteiger partial charge in [0.1, 0.15) is 0 Å². The summed E-state index contributed by atoms with van der Waals surface area (Å²) in [5.74, 6) is 0. The zero-order valence-electron chi connectivity index (χ0n) is 12.7. The van der Waals surface area contributed by atoms with Crippen LogP contribution in [-0.2, 0) is 12.8 Å². The monoisotopic (exact) mass is 294 g/mol. The van der Waals surface area contributed by atoms with Crippen molar-refractivity contribution in [3.63, 3.8) is 0 Å². The third-order valence-electron chi connectivity index (χ3n) is 3.99. The predicted molar refractivity (Wildman–Crippen MR) is 88.9 cm³/mol. The van der Waals surface area contributed by atoms with Crippen molar-refractivity contribution in [1.82, 2.24) is 9.55 Å². The van der Waals surface area contributed by atoms with Gasteiger partial charge in [-0.2, -0.15) is 0 Å². The number of fused-ring (bicyclic) bond motifs is 1. The van der Waals surface area contributed by atoms with Gasteiger partial charge >= 0.3 is 5.69 Å². The minimum Gasteiger partial charge on any atom is -0.306 e. The number of H-pyrrole nitrogens is 1. The van der Waals surface area contributed by atoms with Crippen LogP contribution in [0.15, 0.2) is 52.1 Å². The number of aromatic nitrogens is 2. The van der Waals surface area contributed by atoms with Crippen LogP contribution in [0.2, 0.25) is 0 Å². The molecule has 4 nitrogen and oxygen atoms in total. The Labute approximate surface area is 128 Å². The van der Waals surface area contributed by atoms with Crippen LogP contribution in [0, 0.1) is 0 Å². The molecule has 0 bridgehead atoms. The summed E-state index contributed by atoms with van der Waals surface area (Å²) in [5, 5.41) is 0.523.